The third kappa shape index (κ3) is 5.03. The Bertz CT molecular complexity index is 1140. The van der Waals surface area contributed by atoms with Crippen LogP contribution in [-0.4, -0.2) is 14.3 Å². The van der Waals surface area contributed by atoms with Crippen LogP contribution in [0.4, 0.5) is 5.69 Å². The quantitative estimate of drug-likeness (QED) is 0.637. The summed E-state index contributed by atoms with van der Waals surface area (Å²) in [6.45, 7) is 5.83. The lowest BCUT2D eigenvalue weighted by molar-refractivity contribution is 0.0950. The minimum absolute atomic E-state index is 0.0887. The van der Waals surface area contributed by atoms with Crippen molar-refractivity contribution in [3.05, 3.63) is 94.5 Å². The maximum atomic E-state index is 13.0. The number of hydrogen-bond acceptors (Lipinski definition) is 3. The van der Waals surface area contributed by atoms with Crippen LogP contribution in [0.3, 0.4) is 0 Å². The monoisotopic (exact) mass is 408 g/mol. The first-order valence-electron chi connectivity index (χ1n) is 9.29. The highest BCUT2D eigenvalue weighted by Crippen LogP contribution is 2.24. The summed E-state index contributed by atoms with van der Waals surface area (Å²) in [6, 6.07) is 19.8. The van der Waals surface area contributed by atoms with E-state index in [4.69, 9.17) is 0 Å². The number of hydrogen-bond donors (Lipinski definition) is 2. The van der Waals surface area contributed by atoms with Crippen LogP contribution in [0.1, 0.15) is 32.6 Å². The van der Waals surface area contributed by atoms with E-state index in [0.717, 1.165) is 16.7 Å². The molecular weight excluding hydrogens is 384 g/mol. The van der Waals surface area contributed by atoms with E-state index >= 15 is 0 Å². The Kier molecular flexibility index (Phi) is 6.03. The molecule has 6 heteroatoms. The van der Waals surface area contributed by atoms with Crippen molar-refractivity contribution >= 4 is 21.6 Å². The largest absolute Gasteiger partial charge is 0.348 e. The van der Waals surface area contributed by atoms with Gasteiger partial charge in [0.05, 0.1) is 10.6 Å². The number of sulfonamides is 1. The number of carbonyl (C=O) groups excluding carboxylic acids is 1. The number of carbonyl (C=O) groups is 1. The van der Waals surface area contributed by atoms with Gasteiger partial charge < -0.3 is 5.32 Å². The molecule has 0 fully saturated rings. The molecule has 0 unspecified atom stereocenters. The van der Waals surface area contributed by atoms with Crippen LogP contribution >= 0.6 is 0 Å². The van der Waals surface area contributed by atoms with Crippen molar-refractivity contribution in [3.8, 4) is 0 Å². The Morgan fingerprint density at radius 1 is 0.862 bits per heavy atom. The summed E-state index contributed by atoms with van der Waals surface area (Å²) >= 11 is 0. The fourth-order valence-electron chi connectivity index (χ4n) is 2.96. The number of rotatable bonds is 6. The predicted octanol–water partition coefficient (Wildman–Crippen LogP) is 4.34. The van der Waals surface area contributed by atoms with Crippen molar-refractivity contribution in [2.75, 3.05) is 4.72 Å². The Morgan fingerprint density at radius 3 is 2.28 bits per heavy atom. The first kappa shape index (κ1) is 20.6. The maximum absolute atomic E-state index is 13.0. The maximum Gasteiger partial charge on any atom is 0.262 e. The van der Waals surface area contributed by atoms with E-state index in [9.17, 15) is 13.2 Å². The average molecular weight is 409 g/mol. The van der Waals surface area contributed by atoms with Crippen LogP contribution < -0.4 is 10.0 Å². The van der Waals surface area contributed by atoms with E-state index in [1.807, 2.05) is 56.3 Å². The third-order valence-electron chi connectivity index (χ3n) is 4.67. The van der Waals surface area contributed by atoms with Gasteiger partial charge in [0, 0.05) is 12.1 Å². The number of anilines is 1. The molecule has 0 atom stereocenters. The lowest BCUT2D eigenvalue weighted by atomic mass is 10.1. The van der Waals surface area contributed by atoms with Crippen molar-refractivity contribution in [1.82, 2.24) is 5.32 Å². The summed E-state index contributed by atoms with van der Waals surface area (Å²) in [6.07, 6.45) is 0. The third-order valence-corrected chi connectivity index (χ3v) is 6.18. The Hall–Kier alpha value is -3.12. The van der Waals surface area contributed by atoms with Gasteiger partial charge in [0.1, 0.15) is 0 Å². The highest BCUT2D eigenvalue weighted by molar-refractivity contribution is 7.92. The number of amides is 1. The molecule has 150 valence electrons. The van der Waals surface area contributed by atoms with Crippen LogP contribution in [0.5, 0.6) is 0 Å². The van der Waals surface area contributed by atoms with Gasteiger partial charge in [0.2, 0.25) is 0 Å². The Morgan fingerprint density at radius 2 is 1.55 bits per heavy atom. The van der Waals surface area contributed by atoms with E-state index in [1.54, 1.807) is 25.1 Å². The standard InChI is InChI=1S/C23H24N2O3S/c1-16-9-10-17(2)21(13-16)25-29(27,28)22-14-20(12-11-18(22)3)23(26)24-15-19-7-5-4-6-8-19/h4-14,25H,15H2,1-3H3,(H,24,26). The fraction of sp³-hybridized carbons (Fsp3) is 0.174. The van der Waals surface area contributed by atoms with Crippen molar-refractivity contribution in [3.63, 3.8) is 0 Å². The van der Waals surface area contributed by atoms with Crippen LogP contribution in [0.2, 0.25) is 0 Å². The fourth-order valence-corrected chi connectivity index (χ4v) is 4.35. The van der Waals surface area contributed by atoms with Gasteiger partial charge in [0.25, 0.3) is 15.9 Å². The topological polar surface area (TPSA) is 75.3 Å². The minimum Gasteiger partial charge on any atom is -0.348 e. The van der Waals surface area contributed by atoms with E-state index < -0.39 is 10.0 Å². The van der Waals surface area contributed by atoms with E-state index in [1.165, 1.54) is 6.07 Å². The Balaban J connectivity index is 1.84. The smallest absolute Gasteiger partial charge is 0.262 e. The summed E-state index contributed by atoms with van der Waals surface area (Å²) in [7, 11) is -3.84. The molecule has 0 saturated heterocycles. The normalized spacial score (nSPS) is 11.1. The molecule has 2 N–H and O–H groups in total. The zero-order valence-electron chi connectivity index (χ0n) is 16.7. The molecule has 1 amide bonds. The highest BCUT2D eigenvalue weighted by atomic mass is 32.2. The van der Waals surface area contributed by atoms with Crippen molar-refractivity contribution in [2.45, 2.75) is 32.2 Å². The first-order chi connectivity index (χ1) is 13.8. The summed E-state index contributed by atoms with van der Waals surface area (Å²) in [5.41, 5.74) is 4.16. The molecule has 29 heavy (non-hydrogen) atoms. The second-order valence-corrected chi connectivity index (χ2v) is 8.72. The molecule has 5 nitrogen and oxygen atoms in total. The van der Waals surface area contributed by atoms with Gasteiger partial charge in [-0.1, -0.05) is 48.5 Å². The molecule has 0 aliphatic heterocycles. The van der Waals surface area contributed by atoms with Gasteiger partial charge >= 0.3 is 0 Å². The summed E-state index contributed by atoms with van der Waals surface area (Å²) in [5, 5.41) is 2.83. The minimum atomic E-state index is -3.84. The van der Waals surface area contributed by atoms with Gasteiger partial charge in [-0.15, -0.1) is 0 Å². The summed E-state index contributed by atoms with van der Waals surface area (Å²) < 4.78 is 28.6. The van der Waals surface area contributed by atoms with Crippen LogP contribution in [0.15, 0.2) is 71.6 Å². The molecule has 0 radical (unpaired) electrons. The molecule has 0 spiro atoms. The van der Waals surface area contributed by atoms with Crippen LogP contribution in [0.25, 0.3) is 0 Å². The van der Waals surface area contributed by atoms with Crippen molar-refractivity contribution < 1.29 is 13.2 Å². The van der Waals surface area contributed by atoms with E-state index in [-0.39, 0.29) is 10.8 Å². The van der Waals surface area contributed by atoms with Gasteiger partial charge in [-0.25, -0.2) is 8.42 Å². The molecule has 0 saturated carbocycles. The molecule has 3 aromatic carbocycles. The molecule has 0 aliphatic carbocycles. The number of benzene rings is 3. The van der Waals surface area contributed by atoms with Gasteiger partial charge in [0.15, 0.2) is 0 Å². The van der Waals surface area contributed by atoms with E-state index in [2.05, 4.69) is 10.0 Å². The first-order valence-corrected chi connectivity index (χ1v) is 10.8. The molecule has 0 aliphatic rings. The second kappa shape index (κ2) is 8.49. The lowest BCUT2D eigenvalue weighted by Gasteiger charge is -2.14. The van der Waals surface area contributed by atoms with Crippen molar-refractivity contribution in [1.29, 1.82) is 0 Å². The highest BCUT2D eigenvalue weighted by Gasteiger charge is 2.20. The SMILES string of the molecule is Cc1ccc(C)c(NS(=O)(=O)c2cc(C(=O)NCc3ccccc3)ccc2C)c1. The van der Waals surface area contributed by atoms with Crippen molar-refractivity contribution in [2.24, 2.45) is 0 Å². The van der Waals surface area contributed by atoms with Gasteiger partial charge in [-0.2, -0.15) is 0 Å². The molecule has 0 heterocycles. The average Bonchev–Trinajstić information content (AvgIpc) is 2.69. The number of nitrogens with one attached hydrogen (secondary N) is 2. The van der Waals surface area contributed by atoms with E-state index in [0.29, 0.717) is 23.4 Å². The predicted molar refractivity (Wildman–Crippen MR) is 116 cm³/mol. The Labute approximate surface area is 171 Å². The zero-order chi connectivity index (χ0) is 21.0. The lowest BCUT2D eigenvalue weighted by Crippen LogP contribution is -2.23. The zero-order valence-corrected chi connectivity index (χ0v) is 17.5. The molecule has 3 aromatic rings. The van der Waals surface area contributed by atoms with Crippen LogP contribution in [-0.2, 0) is 16.6 Å². The molecular formula is C23H24N2O3S. The van der Waals surface area contributed by atoms with Gasteiger partial charge in [-0.05, 0) is 61.2 Å². The summed E-state index contributed by atoms with van der Waals surface area (Å²) in [5.74, 6) is -0.322. The van der Waals surface area contributed by atoms with Crippen LogP contribution in [0, 0.1) is 20.8 Å². The number of aryl methyl sites for hydroxylation is 3. The molecule has 0 aromatic heterocycles. The van der Waals surface area contributed by atoms with Gasteiger partial charge in [-0.3, -0.25) is 9.52 Å². The molecule has 3 rings (SSSR count). The second-order valence-electron chi connectivity index (χ2n) is 7.07. The summed E-state index contributed by atoms with van der Waals surface area (Å²) in [4.78, 5) is 12.6. The molecule has 0 bridgehead atoms.